The maximum atomic E-state index is 11.7. The molecule has 0 saturated carbocycles. The average molecular weight is 296 g/mol. The van der Waals surface area contributed by atoms with Crippen LogP contribution in [-0.4, -0.2) is 27.6 Å². The molecule has 1 aromatic heterocycles. The molecule has 0 aliphatic heterocycles. The Labute approximate surface area is 123 Å². The molecule has 108 valence electrons. The number of rotatable bonds is 4. The van der Waals surface area contributed by atoms with Crippen molar-refractivity contribution in [3.63, 3.8) is 0 Å². The van der Waals surface area contributed by atoms with Crippen molar-refractivity contribution in [1.82, 2.24) is 15.2 Å². The smallest absolute Gasteiger partial charge is 0.228 e. The monoisotopic (exact) mass is 295 g/mol. The molecule has 20 heavy (non-hydrogen) atoms. The third-order valence-corrected chi connectivity index (χ3v) is 2.81. The van der Waals surface area contributed by atoms with Gasteiger partial charge in [0.25, 0.3) is 0 Å². The van der Waals surface area contributed by atoms with Crippen LogP contribution in [0.1, 0.15) is 12.7 Å². The molecule has 1 atom stereocenters. The highest BCUT2D eigenvalue weighted by Crippen LogP contribution is 2.18. The summed E-state index contributed by atoms with van der Waals surface area (Å²) in [6.45, 7) is 3.97. The van der Waals surface area contributed by atoms with Crippen LogP contribution >= 0.6 is 12.4 Å². The zero-order valence-electron chi connectivity index (χ0n) is 11.4. The summed E-state index contributed by atoms with van der Waals surface area (Å²) < 4.78 is 0. The van der Waals surface area contributed by atoms with E-state index < -0.39 is 0 Å². The minimum atomic E-state index is -0.199. The van der Waals surface area contributed by atoms with Crippen molar-refractivity contribution in [2.45, 2.75) is 13.8 Å². The predicted octanol–water partition coefficient (Wildman–Crippen LogP) is 1.74. The van der Waals surface area contributed by atoms with Crippen molar-refractivity contribution in [3.05, 3.63) is 30.1 Å². The maximum Gasteiger partial charge on any atom is 0.228 e. The number of aromatic nitrogens is 3. The number of carbonyl (C=O) groups excluding carboxylic acids is 1. The topological polar surface area (TPSA) is 96.7 Å². The molecule has 4 N–H and O–H groups in total. The highest BCUT2D eigenvalue weighted by atomic mass is 35.5. The first-order valence-corrected chi connectivity index (χ1v) is 6.10. The summed E-state index contributed by atoms with van der Waals surface area (Å²) in [4.78, 5) is 15.9. The van der Waals surface area contributed by atoms with Crippen molar-refractivity contribution < 1.29 is 4.79 Å². The molecule has 2 rings (SSSR count). The highest BCUT2D eigenvalue weighted by molar-refractivity contribution is 5.92. The van der Waals surface area contributed by atoms with Crippen LogP contribution in [0.25, 0.3) is 11.4 Å². The number of hydrogen-bond acceptors (Lipinski definition) is 4. The fraction of sp³-hybridized carbons (Fsp3) is 0.308. The second-order valence-corrected chi connectivity index (χ2v) is 4.45. The number of aryl methyl sites for hydroxylation is 1. The van der Waals surface area contributed by atoms with E-state index in [2.05, 4.69) is 20.5 Å². The van der Waals surface area contributed by atoms with Crippen LogP contribution in [-0.2, 0) is 4.79 Å². The number of aromatic amines is 1. The largest absolute Gasteiger partial charge is 0.330 e. The number of nitrogens with zero attached hydrogens (tertiary/aromatic N) is 2. The number of nitrogens with two attached hydrogens (primary N) is 1. The zero-order valence-corrected chi connectivity index (χ0v) is 12.2. The van der Waals surface area contributed by atoms with Gasteiger partial charge in [-0.15, -0.1) is 12.4 Å². The summed E-state index contributed by atoms with van der Waals surface area (Å²) in [5, 5.41) is 9.68. The quantitative estimate of drug-likeness (QED) is 0.800. The predicted molar refractivity (Wildman–Crippen MR) is 80.7 cm³/mol. The van der Waals surface area contributed by atoms with E-state index in [-0.39, 0.29) is 24.2 Å². The number of hydrogen-bond donors (Lipinski definition) is 3. The minimum Gasteiger partial charge on any atom is -0.330 e. The molecule has 0 saturated heterocycles. The lowest BCUT2D eigenvalue weighted by atomic mass is 10.1. The summed E-state index contributed by atoms with van der Waals surface area (Å²) in [6.07, 6.45) is 0. The Hall–Kier alpha value is -1.92. The van der Waals surface area contributed by atoms with Crippen LogP contribution in [0, 0.1) is 12.8 Å². The van der Waals surface area contributed by atoms with Gasteiger partial charge in [-0.2, -0.15) is 5.10 Å². The first-order chi connectivity index (χ1) is 9.10. The van der Waals surface area contributed by atoms with Crippen LogP contribution in [0.5, 0.6) is 0 Å². The highest BCUT2D eigenvalue weighted by Gasteiger charge is 2.11. The van der Waals surface area contributed by atoms with E-state index in [9.17, 15) is 4.79 Å². The van der Waals surface area contributed by atoms with Crippen molar-refractivity contribution in [1.29, 1.82) is 0 Å². The van der Waals surface area contributed by atoms with E-state index in [1.54, 1.807) is 6.92 Å². The zero-order chi connectivity index (χ0) is 13.8. The van der Waals surface area contributed by atoms with Crippen molar-refractivity contribution in [2.24, 2.45) is 11.7 Å². The molecule has 1 unspecified atom stereocenters. The van der Waals surface area contributed by atoms with Gasteiger partial charge in [0.05, 0.1) is 0 Å². The van der Waals surface area contributed by atoms with Crippen molar-refractivity contribution in [3.8, 4) is 11.4 Å². The van der Waals surface area contributed by atoms with E-state index in [0.29, 0.717) is 12.4 Å². The molecule has 1 heterocycles. The number of anilines is 1. The number of amides is 1. The molecule has 0 aliphatic carbocycles. The molecule has 0 fully saturated rings. The molecular weight excluding hydrogens is 278 g/mol. The van der Waals surface area contributed by atoms with E-state index in [4.69, 9.17) is 5.73 Å². The van der Waals surface area contributed by atoms with Gasteiger partial charge in [0.1, 0.15) is 5.82 Å². The van der Waals surface area contributed by atoms with Crippen LogP contribution in [0.15, 0.2) is 24.3 Å². The van der Waals surface area contributed by atoms with Crippen molar-refractivity contribution >= 4 is 24.0 Å². The Morgan fingerprint density at radius 3 is 2.55 bits per heavy atom. The summed E-state index contributed by atoms with van der Waals surface area (Å²) in [7, 11) is 0. The van der Waals surface area contributed by atoms with Crippen LogP contribution < -0.4 is 11.1 Å². The van der Waals surface area contributed by atoms with Gasteiger partial charge in [-0.3, -0.25) is 9.89 Å². The average Bonchev–Trinajstić information content (AvgIpc) is 2.85. The Morgan fingerprint density at radius 1 is 1.40 bits per heavy atom. The first kappa shape index (κ1) is 16.1. The minimum absolute atomic E-state index is 0. The van der Waals surface area contributed by atoms with Gasteiger partial charge in [0.15, 0.2) is 5.82 Å². The number of H-pyrrole nitrogens is 1. The van der Waals surface area contributed by atoms with E-state index >= 15 is 0 Å². The lowest BCUT2D eigenvalue weighted by Crippen LogP contribution is -2.26. The molecule has 0 bridgehead atoms. The van der Waals surface area contributed by atoms with E-state index in [1.165, 1.54) is 0 Å². The number of carbonyl (C=O) groups is 1. The second kappa shape index (κ2) is 7.02. The number of halogens is 1. The normalized spacial score (nSPS) is 11.6. The summed E-state index contributed by atoms with van der Waals surface area (Å²) in [5.41, 5.74) is 7.08. The lowest BCUT2D eigenvalue weighted by molar-refractivity contribution is -0.119. The van der Waals surface area contributed by atoms with Gasteiger partial charge >= 0.3 is 0 Å². The Bertz CT molecular complexity index is 566. The number of nitrogens with one attached hydrogen (secondary N) is 2. The second-order valence-electron chi connectivity index (χ2n) is 4.45. The fourth-order valence-corrected chi connectivity index (χ4v) is 1.55. The lowest BCUT2D eigenvalue weighted by Gasteiger charge is -2.09. The number of benzene rings is 1. The van der Waals surface area contributed by atoms with Gasteiger partial charge in [0.2, 0.25) is 5.91 Å². The van der Waals surface area contributed by atoms with Crippen LogP contribution in [0.3, 0.4) is 0 Å². The molecule has 7 heteroatoms. The summed E-state index contributed by atoms with van der Waals surface area (Å²) in [5.74, 6) is 1.13. The van der Waals surface area contributed by atoms with Gasteiger partial charge in [0, 0.05) is 23.7 Å². The SMILES string of the molecule is Cc1nc(-c2ccc(NC(=O)C(C)CN)cc2)n[nH]1.Cl. The Morgan fingerprint density at radius 2 is 2.05 bits per heavy atom. The van der Waals surface area contributed by atoms with Gasteiger partial charge in [-0.05, 0) is 31.2 Å². The van der Waals surface area contributed by atoms with E-state index in [1.807, 2.05) is 31.2 Å². The Kier molecular flexibility index (Phi) is 5.66. The molecule has 1 aromatic carbocycles. The maximum absolute atomic E-state index is 11.7. The van der Waals surface area contributed by atoms with Crippen molar-refractivity contribution in [2.75, 3.05) is 11.9 Å². The van der Waals surface area contributed by atoms with Gasteiger partial charge < -0.3 is 11.1 Å². The molecule has 1 amide bonds. The molecule has 2 aromatic rings. The van der Waals surface area contributed by atoms with Gasteiger partial charge in [-0.1, -0.05) is 6.92 Å². The molecule has 0 aliphatic rings. The van der Waals surface area contributed by atoms with Crippen LogP contribution in [0.4, 0.5) is 5.69 Å². The standard InChI is InChI=1S/C13H17N5O.ClH/c1-8(7-14)13(19)16-11-5-3-10(4-6-11)12-15-9(2)17-18-12;/h3-6,8H,7,14H2,1-2H3,(H,16,19)(H,15,17,18);1H. The molecular formula is C13H18ClN5O. The molecule has 0 radical (unpaired) electrons. The van der Waals surface area contributed by atoms with E-state index in [0.717, 1.165) is 17.1 Å². The van der Waals surface area contributed by atoms with Gasteiger partial charge in [-0.25, -0.2) is 4.98 Å². The Balaban J connectivity index is 0.00000200. The fourth-order valence-electron chi connectivity index (χ4n) is 1.55. The van der Waals surface area contributed by atoms with Crippen LogP contribution in [0.2, 0.25) is 0 Å². The first-order valence-electron chi connectivity index (χ1n) is 6.10. The molecule has 6 nitrogen and oxygen atoms in total. The molecule has 0 spiro atoms. The third-order valence-electron chi connectivity index (χ3n) is 2.81. The summed E-state index contributed by atoms with van der Waals surface area (Å²) in [6, 6.07) is 7.38. The third kappa shape index (κ3) is 3.79. The summed E-state index contributed by atoms with van der Waals surface area (Å²) >= 11 is 0.